The number of anilines is 1. The zero-order chi connectivity index (χ0) is 13.4. The highest BCUT2D eigenvalue weighted by atomic mass is 79.9. The van der Waals surface area contributed by atoms with Crippen molar-refractivity contribution >= 4 is 27.5 Å². The van der Waals surface area contributed by atoms with Crippen LogP contribution < -0.4 is 5.32 Å². The molecule has 0 radical (unpaired) electrons. The number of carbonyl (C=O) groups is 1. The standard InChI is InChI=1S/C15H11BrFNO/c16-15(11-3-1-2-4-12(11)17)9-5-6-13-10(7-9)8-14(19)18-13/h1-7,15H,8H2,(H,18,19). The minimum absolute atomic E-state index is 0.00386. The number of rotatable bonds is 2. The molecule has 1 amide bonds. The molecule has 19 heavy (non-hydrogen) atoms. The van der Waals surface area contributed by atoms with Gasteiger partial charge in [0.15, 0.2) is 0 Å². The highest BCUT2D eigenvalue weighted by Crippen LogP contribution is 2.35. The number of hydrogen-bond acceptors (Lipinski definition) is 1. The average Bonchev–Trinajstić information content (AvgIpc) is 2.77. The molecule has 1 heterocycles. The Morgan fingerprint density at radius 3 is 2.79 bits per heavy atom. The van der Waals surface area contributed by atoms with E-state index < -0.39 is 0 Å². The van der Waals surface area contributed by atoms with Gasteiger partial charge in [-0.3, -0.25) is 4.79 Å². The number of nitrogens with one attached hydrogen (secondary N) is 1. The quantitative estimate of drug-likeness (QED) is 0.838. The first-order valence-corrected chi connectivity index (χ1v) is 6.88. The van der Waals surface area contributed by atoms with Crippen LogP contribution in [0.5, 0.6) is 0 Å². The Morgan fingerprint density at radius 1 is 1.21 bits per heavy atom. The van der Waals surface area contributed by atoms with Gasteiger partial charge in [0.25, 0.3) is 0 Å². The largest absolute Gasteiger partial charge is 0.326 e. The van der Waals surface area contributed by atoms with Gasteiger partial charge in [0.1, 0.15) is 5.82 Å². The second-order valence-electron chi connectivity index (χ2n) is 4.53. The molecule has 3 rings (SSSR count). The zero-order valence-electron chi connectivity index (χ0n) is 9.99. The fraction of sp³-hybridized carbons (Fsp3) is 0.133. The summed E-state index contributed by atoms with van der Waals surface area (Å²) >= 11 is 3.52. The van der Waals surface area contributed by atoms with Crippen LogP contribution in [0.15, 0.2) is 42.5 Å². The fourth-order valence-electron chi connectivity index (χ4n) is 2.27. The molecule has 0 fully saturated rings. The molecule has 2 aromatic rings. The summed E-state index contributed by atoms with van der Waals surface area (Å²) in [6.45, 7) is 0. The van der Waals surface area contributed by atoms with Gasteiger partial charge in [-0.05, 0) is 23.3 Å². The van der Waals surface area contributed by atoms with Crippen LogP contribution in [0.2, 0.25) is 0 Å². The van der Waals surface area contributed by atoms with Crippen LogP contribution in [0.25, 0.3) is 0 Å². The third kappa shape index (κ3) is 2.28. The monoisotopic (exact) mass is 319 g/mol. The van der Waals surface area contributed by atoms with Crippen LogP contribution in [0.3, 0.4) is 0 Å². The van der Waals surface area contributed by atoms with Gasteiger partial charge >= 0.3 is 0 Å². The normalized spacial score (nSPS) is 14.9. The van der Waals surface area contributed by atoms with E-state index in [4.69, 9.17) is 0 Å². The molecule has 1 atom stereocenters. The van der Waals surface area contributed by atoms with Crippen LogP contribution >= 0.6 is 15.9 Å². The molecule has 1 N–H and O–H groups in total. The minimum atomic E-state index is -0.237. The topological polar surface area (TPSA) is 29.1 Å². The third-order valence-corrected chi connectivity index (χ3v) is 4.25. The summed E-state index contributed by atoms with van der Waals surface area (Å²) in [5.74, 6) is -0.233. The molecular weight excluding hydrogens is 309 g/mol. The Labute approximate surface area is 118 Å². The Bertz CT molecular complexity index is 656. The molecule has 2 aromatic carbocycles. The van der Waals surface area contributed by atoms with Crippen molar-refractivity contribution in [2.24, 2.45) is 0 Å². The van der Waals surface area contributed by atoms with E-state index in [9.17, 15) is 9.18 Å². The molecule has 1 aliphatic heterocycles. The van der Waals surface area contributed by atoms with Crippen molar-refractivity contribution in [1.29, 1.82) is 0 Å². The lowest BCUT2D eigenvalue weighted by molar-refractivity contribution is -0.115. The fourth-order valence-corrected chi connectivity index (χ4v) is 2.92. The number of alkyl halides is 1. The molecule has 0 spiro atoms. The van der Waals surface area contributed by atoms with Gasteiger partial charge in [0.2, 0.25) is 5.91 Å². The summed E-state index contributed by atoms with van der Waals surface area (Å²) in [4.78, 5) is 11.1. The smallest absolute Gasteiger partial charge is 0.228 e. The molecule has 1 unspecified atom stereocenters. The Hall–Kier alpha value is -1.68. The number of fused-ring (bicyclic) bond motifs is 1. The van der Waals surface area contributed by atoms with E-state index in [0.717, 1.165) is 16.8 Å². The molecular formula is C15H11BrFNO. The lowest BCUT2D eigenvalue weighted by Gasteiger charge is -2.12. The molecule has 96 valence electrons. The van der Waals surface area contributed by atoms with E-state index in [2.05, 4.69) is 21.2 Å². The van der Waals surface area contributed by atoms with Crippen molar-refractivity contribution in [3.05, 3.63) is 65.0 Å². The van der Waals surface area contributed by atoms with Gasteiger partial charge in [0, 0.05) is 11.3 Å². The van der Waals surface area contributed by atoms with E-state index in [1.165, 1.54) is 6.07 Å². The number of benzene rings is 2. The maximum Gasteiger partial charge on any atom is 0.228 e. The molecule has 1 aliphatic rings. The first kappa shape index (κ1) is 12.4. The predicted molar refractivity (Wildman–Crippen MR) is 75.9 cm³/mol. The van der Waals surface area contributed by atoms with E-state index >= 15 is 0 Å². The van der Waals surface area contributed by atoms with Crippen molar-refractivity contribution in [3.63, 3.8) is 0 Å². The van der Waals surface area contributed by atoms with Crippen LogP contribution in [0.1, 0.15) is 21.5 Å². The second-order valence-corrected chi connectivity index (χ2v) is 5.44. The van der Waals surface area contributed by atoms with E-state index in [1.807, 2.05) is 24.3 Å². The van der Waals surface area contributed by atoms with Gasteiger partial charge in [-0.1, -0.05) is 46.3 Å². The highest BCUT2D eigenvalue weighted by Gasteiger charge is 2.20. The van der Waals surface area contributed by atoms with Gasteiger partial charge in [-0.25, -0.2) is 4.39 Å². The Morgan fingerprint density at radius 2 is 2.00 bits per heavy atom. The molecule has 0 bridgehead atoms. The molecule has 2 nitrogen and oxygen atoms in total. The Balaban J connectivity index is 1.97. The van der Waals surface area contributed by atoms with Gasteiger partial charge in [-0.2, -0.15) is 0 Å². The highest BCUT2D eigenvalue weighted by molar-refractivity contribution is 9.09. The number of carbonyl (C=O) groups excluding carboxylic acids is 1. The second kappa shape index (κ2) is 4.78. The molecule has 0 saturated heterocycles. The van der Waals surface area contributed by atoms with Crippen molar-refractivity contribution in [2.45, 2.75) is 11.2 Å². The first-order chi connectivity index (χ1) is 9.15. The first-order valence-electron chi connectivity index (χ1n) is 5.96. The summed E-state index contributed by atoms with van der Waals surface area (Å²) in [5, 5.41) is 2.79. The van der Waals surface area contributed by atoms with Crippen LogP contribution in [0, 0.1) is 5.82 Å². The van der Waals surface area contributed by atoms with E-state index in [1.54, 1.807) is 12.1 Å². The zero-order valence-corrected chi connectivity index (χ0v) is 11.6. The van der Waals surface area contributed by atoms with Crippen LogP contribution in [0.4, 0.5) is 10.1 Å². The number of halogens is 2. The van der Waals surface area contributed by atoms with Crippen molar-refractivity contribution < 1.29 is 9.18 Å². The van der Waals surface area contributed by atoms with E-state index in [0.29, 0.717) is 12.0 Å². The minimum Gasteiger partial charge on any atom is -0.326 e. The number of amides is 1. The van der Waals surface area contributed by atoms with Gasteiger partial charge < -0.3 is 5.32 Å². The third-order valence-electron chi connectivity index (χ3n) is 3.23. The summed E-state index contributed by atoms with van der Waals surface area (Å²) < 4.78 is 13.8. The molecule has 0 saturated carbocycles. The summed E-state index contributed by atoms with van der Waals surface area (Å²) in [6, 6.07) is 12.4. The van der Waals surface area contributed by atoms with Crippen LogP contribution in [-0.4, -0.2) is 5.91 Å². The van der Waals surface area contributed by atoms with Crippen molar-refractivity contribution in [2.75, 3.05) is 5.32 Å². The molecule has 4 heteroatoms. The lowest BCUT2D eigenvalue weighted by atomic mass is 10.0. The van der Waals surface area contributed by atoms with E-state index in [-0.39, 0.29) is 16.6 Å². The summed E-state index contributed by atoms with van der Waals surface area (Å²) in [6.07, 6.45) is 0.389. The molecule has 0 aromatic heterocycles. The maximum atomic E-state index is 13.8. The van der Waals surface area contributed by atoms with Gasteiger partial charge in [0.05, 0.1) is 11.2 Å². The Kier molecular flexibility index (Phi) is 3.11. The maximum absolute atomic E-state index is 13.8. The van der Waals surface area contributed by atoms with Crippen molar-refractivity contribution in [1.82, 2.24) is 0 Å². The predicted octanol–water partition coefficient (Wildman–Crippen LogP) is 3.80. The summed E-state index contributed by atoms with van der Waals surface area (Å²) in [7, 11) is 0. The summed E-state index contributed by atoms with van der Waals surface area (Å²) in [5.41, 5.74) is 3.35. The van der Waals surface area contributed by atoms with Gasteiger partial charge in [-0.15, -0.1) is 0 Å². The SMILES string of the molecule is O=C1Cc2cc(C(Br)c3ccccc3F)ccc2N1. The van der Waals surface area contributed by atoms with Crippen LogP contribution in [-0.2, 0) is 11.2 Å². The number of hydrogen-bond donors (Lipinski definition) is 1. The lowest BCUT2D eigenvalue weighted by Crippen LogP contribution is -2.03. The molecule has 0 aliphatic carbocycles. The van der Waals surface area contributed by atoms with Crippen molar-refractivity contribution in [3.8, 4) is 0 Å². The average molecular weight is 320 g/mol.